The molecule has 1 aliphatic rings. The Morgan fingerprint density at radius 3 is 3.00 bits per heavy atom. The van der Waals surface area contributed by atoms with Gasteiger partial charge in [-0.3, -0.25) is 0 Å². The van der Waals surface area contributed by atoms with Crippen LogP contribution in [0.3, 0.4) is 0 Å². The van der Waals surface area contributed by atoms with Crippen molar-refractivity contribution in [2.24, 2.45) is 11.7 Å². The topological polar surface area (TPSA) is 26.0 Å². The summed E-state index contributed by atoms with van der Waals surface area (Å²) < 4.78 is 0. The van der Waals surface area contributed by atoms with E-state index < -0.39 is 0 Å². The molecule has 0 fully saturated rings. The van der Waals surface area contributed by atoms with Crippen molar-refractivity contribution in [2.75, 3.05) is 6.54 Å². The third-order valence-corrected chi connectivity index (χ3v) is 2.06. The molecule has 0 unspecified atom stereocenters. The molecule has 0 aromatic carbocycles. The standard InChI is InChI=1S/C10H17N/c1-9-4-6-10(7-5-9)3-2-8-11/h4,6-7,9H,2-3,5,8,11H2,1H3/t9-/m1/s1. The van der Waals surface area contributed by atoms with Gasteiger partial charge in [0, 0.05) is 0 Å². The first-order valence-corrected chi connectivity index (χ1v) is 4.40. The van der Waals surface area contributed by atoms with Crippen molar-refractivity contribution in [3.63, 3.8) is 0 Å². The minimum atomic E-state index is 0.733. The monoisotopic (exact) mass is 151 g/mol. The fourth-order valence-corrected chi connectivity index (χ4v) is 1.26. The second-order valence-electron chi connectivity index (χ2n) is 3.24. The van der Waals surface area contributed by atoms with Crippen LogP contribution in [0.1, 0.15) is 26.2 Å². The summed E-state index contributed by atoms with van der Waals surface area (Å²) in [4.78, 5) is 0. The molecule has 1 nitrogen and oxygen atoms in total. The van der Waals surface area contributed by atoms with E-state index in [9.17, 15) is 0 Å². The average molecular weight is 151 g/mol. The van der Waals surface area contributed by atoms with Crippen LogP contribution < -0.4 is 5.73 Å². The largest absolute Gasteiger partial charge is 0.330 e. The summed E-state index contributed by atoms with van der Waals surface area (Å²) >= 11 is 0. The molecule has 1 rings (SSSR count). The van der Waals surface area contributed by atoms with Gasteiger partial charge in [0.15, 0.2) is 0 Å². The molecule has 0 spiro atoms. The maximum atomic E-state index is 5.42. The summed E-state index contributed by atoms with van der Waals surface area (Å²) in [6.45, 7) is 3.05. The Kier molecular flexibility index (Phi) is 3.37. The van der Waals surface area contributed by atoms with Crippen molar-refractivity contribution in [3.05, 3.63) is 23.8 Å². The fraction of sp³-hybridized carbons (Fsp3) is 0.600. The number of hydrogen-bond acceptors (Lipinski definition) is 1. The van der Waals surface area contributed by atoms with E-state index in [0.29, 0.717) is 0 Å². The summed E-state index contributed by atoms with van der Waals surface area (Å²) in [6.07, 6.45) is 10.3. The lowest BCUT2D eigenvalue weighted by atomic mass is 9.96. The van der Waals surface area contributed by atoms with Gasteiger partial charge in [-0.05, 0) is 31.7 Å². The highest BCUT2D eigenvalue weighted by molar-refractivity contribution is 5.23. The van der Waals surface area contributed by atoms with Gasteiger partial charge in [-0.25, -0.2) is 0 Å². The van der Waals surface area contributed by atoms with E-state index >= 15 is 0 Å². The Hall–Kier alpha value is -0.560. The first-order chi connectivity index (χ1) is 5.33. The second kappa shape index (κ2) is 4.35. The Labute approximate surface area is 69.0 Å². The molecule has 0 radical (unpaired) electrons. The molecule has 11 heavy (non-hydrogen) atoms. The van der Waals surface area contributed by atoms with Gasteiger partial charge in [0.05, 0.1) is 0 Å². The van der Waals surface area contributed by atoms with Gasteiger partial charge in [-0.1, -0.05) is 30.7 Å². The number of allylic oxidation sites excluding steroid dienone is 4. The molecule has 0 aliphatic heterocycles. The van der Waals surface area contributed by atoms with E-state index in [1.807, 2.05) is 0 Å². The van der Waals surface area contributed by atoms with Gasteiger partial charge in [0.1, 0.15) is 0 Å². The molecular weight excluding hydrogens is 134 g/mol. The van der Waals surface area contributed by atoms with Gasteiger partial charge >= 0.3 is 0 Å². The summed E-state index contributed by atoms with van der Waals surface area (Å²) in [5.74, 6) is 0.733. The van der Waals surface area contributed by atoms with Crippen LogP contribution in [0.4, 0.5) is 0 Å². The molecule has 0 amide bonds. The predicted octanol–water partition coefficient (Wildman–Crippen LogP) is 2.25. The van der Waals surface area contributed by atoms with E-state index in [2.05, 4.69) is 25.2 Å². The number of hydrogen-bond donors (Lipinski definition) is 1. The fourth-order valence-electron chi connectivity index (χ4n) is 1.26. The third kappa shape index (κ3) is 2.89. The minimum absolute atomic E-state index is 0.733. The van der Waals surface area contributed by atoms with Crippen molar-refractivity contribution in [3.8, 4) is 0 Å². The van der Waals surface area contributed by atoms with Crippen LogP contribution >= 0.6 is 0 Å². The zero-order chi connectivity index (χ0) is 8.10. The van der Waals surface area contributed by atoms with Crippen molar-refractivity contribution in [2.45, 2.75) is 26.2 Å². The Bertz CT molecular complexity index is 168. The summed E-state index contributed by atoms with van der Waals surface area (Å²) in [7, 11) is 0. The molecule has 2 N–H and O–H groups in total. The summed E-state index contributed by atoms with van der Waals surface area (Å²) in [5.41, 5.74) is 6.89. The SMILES string of the molecule is C[C@@H]1C=CC(CCCN)=CC1. The molecule has 0 heterocycles. The highest BCUT2D eigenvalue weighted by atomic mass is 14.5. The smallest absolute Gasteiger partial charge is 0.00741 e. The predicted molar refractivity (Wildman–Crippen MR) is 49.3 cm³/mol. The summed E-state index contributed by atoms with van der Waals surface area (Å²) in [6, 6.07) is 0. The zero-order valence-corrected chi connectivity index (χ0v) is 7.22. The lowest BCUT2D eigenvalue weighted by Crippen LogP contribution is -2.00. The van der Waals surface area contributed by atoms with Crippen molar-refractivity contribution in [1.82, 2.24) is 0 Å². The van der Waals surface area contributed by atoms with Crippen LogP contribution in [0.2, 0.25) is 0 Å². The van der Waals surface area contributed by atoms with E-state index in [-0.39, 0.29) is 0 Å². The van der Waals surface area contributed by atoms with E-state index in [4.69, 9.17) is 5.73 Å². The molecule has 0 saturated carbocycles. The molecule has 1 aliphatic carbocycles. The van der Waals surface area contributed by atoms with Crippen LogP contribution in [0, 0.1) is 5.92 Å². The molecule has 0 aromatic rings. The minimum Gasteiger partial charge on any atom is -0.330 e. The van der Waals surface area contributed by atoms with Crippen molar-refractivity contribution < 1.29 is 0 Å². The lowest BCUT2D eigenvalue weighted by molar-refractivity contribution is 0.718. The molecular formula is C10H17N. The highest BCUT2D eigenvalue weighted by Gasteiger charge is 2.01. The zero-order valence-electron chi connectivity index (χ0n) is 7.22. The molecule has 0 aromatic heterocycles. The van der Waals surface area contributed by atoms with Crippen LogP contribution in [0.15, 0.2) is 23.8 Å². The maximum absolute atomic E-state index is 5.42. The van der Waals surface area contributed by atoms with Crippen LogP contribution in [-0.4, -0.2) is 6.54 Å². The Morgan fingerprint density at radius 2 is 2.45 bits per heavy atom. The highest BCUT2D eigenvalue weighted by Crippen LogP contribution is 2.18. The second-order valence-corrected chi connectivity index (χ2v) is 3.24. The number of rotatable bonds is 3. The maximum Gasteiger partial charge on any atom is -0.00741 e. The molecule has 62 valence electrons. The van der Waals surface area contributed by atoms with E-state index in [0.717, 1.165) is 25.3 Å². The molecule has 0 bridgehead atoms. The van der Waals surface area contributed by atoms with E-state index in [1.54, 1.807) is 0 Å². The van der Waals surface area contributed by atoms with Gasteiger partial charge in [-0.15, -0.1) is 0 Å². The van der Waals surface area contributed by atoms with Crippen LogP contribution in [-0.2, 0) is 0 Å². The first kappa shape index (κ1) is 8.54. The molecule has 1 atom stereocenters. The van der Waals surface area contributed by atoms with Crippen LogP contribution in [0.25, 0.3) is 0 Å². The van der Waals surface area contributed by atoms with Crippen molar-refractivity contribution >= 4 is 0 Å². The molecule has 0 saturated heterocycles. The van der Waals surface area contributed by atoms with E-state index in [1.165, 1.54) is 12.0 Å². The van der Waals surface area contributed by atoms with Gasteiger partial charge < -0.3 is 5.73 Å². The molecule has 1 heteroatoms. The van der Waals surface area contributed by atoms with Gasteiger partial charge in [0.2, 0.25) is 0 Å². The first-order valence-electron chi connectivity index (χ1n) is 4.40. The normalized spacial score (nSPS) is 23.5. The van der Waals surface area contributed by atoms with Gasteiger partial charge in [0.25, 0.3) is 0 Å². The number of nitrogens with two attached hydrogens (primary N) is 1. The van der Waals surface area contributed by atoms with Crippen molar-refractivity contribution in [1.29, 1.82) is 0 Å². The Balaban J connectivity index is 2.31. The average Bonchev–Trinajstić information content (AvgIpc) is 2.04. The van der Waals surface area contributed by atoms with Crippen LogP contribution in [0.5, 0.6) is 0 Å². The summed E-state index contributed by atoms with van der Waals surface area (Å²) in [5, 5.41) is 0. The quantitative estimate of drug-likeness (QED) is 0.657. The Morgan fingerprint density at radius 1 is 1.64 bits per heavy atom. The third-order valence-electron chi connectivity index (χ3n) is 2.06. The lowest BCUT2D eigenvalue weighted by Gasteiger charge is -2.10. The van der Waals surface area contributed by atoms with Gasteiger partial charge in [-0.2, -0.15) is 0 Å².